The van der Waals surface area contributed by atoms with E-state index in [1.807, 2.05) is 5.43 Å². The highest BCUT2D eigenvalue weighted by atomic mass is 19.1. The van der Waals surface area contributed by atoms with Gasteiger partial charge in [-0.25, -0.2) is 9.82 Å². The predicted molar refractivity (Wildman–Crippen MR) is 71.6 cm³/mol. The second-order valence-electron chi connectivity index (χ2n) is 3.82. The standard InChI is InChI=1S/C13H16FN3O3/c1-20-8-4-7-15-12(18)13(19)17-16-9-10-5-2-3-6-11(10)14/h2-3,5-6,9H,4,7-8H2,1H3,(H,15,18)(H,17,19)/b16-9+. The summed E-state index contributed by atoms with van der Waals surface area (Å²) in [4.78, 5) is 22.6. The minimum Gasteiger partial charge on any atom is -0.385 e. The fourth-order valence-corrected chi connectivity index (χ4v) is 1.29. The van der Waals surface area contributed by atoms with E-state index >= 15 is 0 Å². The monoisotopic (exact) mass is 281 g/mol. The van der Waals surface area contributed by atoms with E-state index in [9.17, 15) is 14.0 Å². The number of carbonyl (C=O) groups is 2. The van der Waals surface area contributed by atoms with Gasteiger partial charge in [0.1, 0.15) is 5.82 Å². The number of methoxy groups -OCH3 is 1. The lowest BCUT2D eigenvalue weighted by molar-refractivity contribution is -0.139. The van der Waals surface area contributed by atoms with E-state index in [1.165, 1.54) is 12.1 Å². The molecule has 7 heteroatoms. The van der Waals surface area contributed by atoms with E-state index < -0.39 is 17.6 Å². The average molecular weight is 281 g/mol. The van der Waals surface area contributed by atoms with Crippen LogP contribution in [0.2, 0.25) is 0 Å². The molecule has 0 unspecified atom stereocenters. The molecule has 0 spiro atoms. The smallest absolute Gasteiger partial charge is 0.329 e. The average Bonchev–Trinajstić information content (AvgIpc) is 2.45. The van der Waals surface area contributed by atoms with Crippen molar-refractivity contribution < 1.29 is 18.7 Å². The highest BCUT2D eigenvalue weighted by Crippen LogP contribution is 2.02. The van der Waals surface area contributed by atoms with E-state index in [0.29, 0.717) is 19.6 Å². The van der Waals surface area contributed by atoms with Crippen molar-refractivity contribution in [2.75, 3.05) is 20.3 Å². The molecule has 0 fully saturated rings. The summed E-state index contributed by atoms with van der Waals surface area (Å²) in [6.07, 6.45) is 1.74. The Morgan fingerprint density at radius 2 is 2.10 bits per heavy atom. The number of nitrogens with zero attached hydrogens (tertiary/aromatic N) is 1. The summed E-state index contributed by atoms with van der Waals surface area (Å²) >= 11 is 0. The topological polar surface area (TPSA) is 79.8 Å². The molecule has 0 aliphatic rings. The van der Waals surface area contributed by atoms with Crippen molar-refractivity contribution in [1.29, 1.82) is 0 Å². The van der Waals surface area contributed by atoms with Gasteiger partial charge in [-0.05, 0) is 12.5 Å². The maximum absolute atomic E-state index is 13.2. The third-order valence-electron chi connectivity index (χ3n) is 2.29. The number of halogens is 1. The van der Waals surface area contributed by atoms with E-state index in [4.69, 9.17) is 4.74 Å². The number of hydrazone groups is 1. The zero-order valence-electron chi connectivity index (χ0n) is 11.1. The lowest BCUT2D eigenvalue weighted by Crippen LogP contribution is -2.38. The molecular formula is C13H16FN3O3. The minimum atomic E-state index is -0.907. The van der Waals surface area contributed by atoms with Gasteiger partial charge in [-0.3, -0.25) is 9.59 Å². The van der Waals surface area contributed by atoms with Gasteiger partial charge in [-0.2, -0.15) is 5.10 Å². The maximum Gasteiger partial charge on any atom is 0.329 e. The number of rotatable bonds is 6. The Kier molecular flexibility index (Phi) is 6.91. The molecule has 0 radical (unpaired) electrons. The molecule has 2 amide bonds. The molecular weight excluding hydrogens is 265 g/mol. The van der Waals surface area contributed by atoms with Crippen molar-refractivity contribution in [2.24, 2.45) is 5.10 Å². The van der Waals surface area contributed by atoms with Crippen LogP contribution in [0.25, 0.3) is 0 Å². The molecule has 2 N–H and O–H groups in total. The molecule has 0 heterocycles. The summed E-state index contributed by atoms with van der Waals surface area (Å²) in [5.41, 5.74) is 2.24. The summed E-state index contributed by atoms with van der Waals surface area (Å²) < 4.78 is 18.0. The van der Waals surface area contributed by atoms with Gasteiger partial charge in [0, 0.05) is 25.8 Å². The number of ether oxygens (including phenoxy) is 1. The lowest BCUT2D eigenvalue weighted by atomic mass is 10.2. The quantitative estimate of drug-likeness (QED) is 0.343. The van der Waals surface area contributed by atoms with Crippen molar-refractivity contribution in [2.45, 2.75) is 6.42 Å². The maximum atomic E-state index is 13.2. The number of benzene rings is 1. The Morgan fingerprint density at radius 3 is 2.80 bits per heavy atom. The second-order valence-corrected chi connectivity index (χ2v) is 3.82. The molecule has 0 saturated heterocycles. The zero-order chi connectivity index (χ0) is 14.8. The molecule has 1 rings (SSSR count). The van der Waals surface area contributed by atoms with Crippen LogP contribution in [0.3, 0.4) is 0 Å². The summed E-state index contributed by atoms with van der Waals surface area (Å²) in [5.74, 6) is -2.17. The number of hydrogen-bond donors (Lipinski definition) is 2. The van der Waals surface area contributed by atoms with Gasteiger partial charge in [-0.1, -0.05) is 18.2 Å². The van der Waals surface area contributed by atoms with Crippen LogP contribution in [0, 0.1) is 5.82 Å². The molecule has 0 aromatic heterocycles. The van der Waals surface area contributed by atoms with E-state index in [0.717, 1.165) is 6.21 Å². The van der Waals surface area contributed by atoms with Crippen molar-refractivity contribution in [3.63, 3.8) is 0 Å². The molecule has 0 aliphatic carbocycles. The van der Waals surface area contributed by atoms with Gasteiger partial charge in [-0.15, -0.1) is 0 Å². The number of carbonyl (C=O) groups excluding carboxylic acids is 2. The third-order valence-corrected chi connectivity index (χ3v) is 2.29. The lowest BCUT2D eigenvalue weighted by Gasteiger charge is -2.03. The predicted octanol–water partition coefficient (Wildman–Crippen LogP) is 0.429. The van der Waals surface area contributed by atoms with Gasteiger partial charge in [0.25, 0.3) is 0 Å². The van der Waals surface area contributed by atoms with Gasteiger partial charge in [0.05, 0.1) is 6.21 Å². The van der Waals surface area contributed by atoms with Gasteiger partial charge in [0.2, 0.25) is 0 Å². The molecule has 20 heavy (non-hydrogen) atoms. The zero-order valence-corrected chi connectivity index (χ0v) is 11.1. The third kappa shape index (κ3) is 5.57. The number of hydrogen-bond acceptors (Lipinski definition) is 4. The SMILES string of the molecule is COCCCNC(=O)C(=O)N/N=C/c1ccccc1F. The van der Waals surface area contributed by atoms with Gasteiger partial charge in [0.15, 0.2) is 0 Å². The van der Waals surface area contributed by atoms with Crippen LogP contribution in [-0.2, 0) is 14.3 Å². The first-order chi connectivity index (χ1) is 9.65. The Balaban J connectivity index is 2.35. The Hall–Kier alpha value is -2.28. The molecule has 1 aromatic carbocycles. The summed E-state index contributed by atoms with van der Waals surface area (Å²) in [7, 11) is 1.55. The molecule has 0 aliphatic heterocycles. The molecule has 6 nitrogen and oxygen atoms in total. The fraction of sp³-hybridized carbons (Fsp3) is 0.308. The first-order valence-corrected chi connectivity index (χ1v) is 6.00. The highest BCUT2D eigenvalue weighted by molar-refractivity contribution is 6.35. The fourth-order valence-electron chi connectivity index (χ4n) is 1.29. The van der Waals surface area contributed by atoms with Crippen molar-refractivity contribution in [3.8, 4) is 0 Å². The van der Waals surface area contributed by atoms with E-state index in [2.05, 4.69) is 10.4 Å². The summed E-state index contributed by atoms with van der Waals surface area (Å²) in [6, 6.07) is 5.94. The highest BCUT2D eigenvalue weighted by Gasteiger charge is 2.11. The van der Waals surface area contributed by atoms with Crippen LogP contribution in [0.5, 0.6) is 0 Å². The Bertz CT molecular complexity index is 492. The summed E-state index contributed by atoms with van der Waals surface area (Å²) in [5, 5.41) is 5.92. The van der Waals surface area contributed by atoms with Crippen molar-refractivity contribution >= 4 is 18.0 Å². The van der Waals surface area contributed by atoms with Gasteiger partial charge < -0.3 is 10.1 Å². The van der Waals surface area contributed by atoms with E-state index in [-0.39, 0.29) is 5.56 Å². The first-order valence-electron chi connectivity index (χ1n) is 6.00. The van der Waals surface area contributed by atoms with Crippen LogP contribution in [0.15, 0.2) is 29.4 Å². The van der Waals surface area contributed by atoms with Crippen LogP contribution < -0.4 is 10.7 Å². The molecule has 108 valence electrons. The summed E-state index contributed by atoms with van der Waals surface area (Å²) in [6.45, 7) is 0.824. The normalized spacial score (nSPS) is 10.5. The Labute approximate surface area is 116 Å². The Morgan fingerprint density at radius 1 is 1.35 bits per heavy atom. The minimum absolute atomic E-state index is 0.216. The number of amides is 2. The molecule has 1 aromatic rings. The molecule has 0 saturated carbocycles. The van der Waals surface area contributed by atoms with Crippen molar-refractivity contribution in [3.05, 3.63) is 35.6 Å². The van der Waals surface area contributed by atoms with Gasteiger partial charge >= 0.3 is 11.8 Å². The van der Waals surface area contributed by atoms with Crippen LogP contribution in [0.1, 0.15) is 12.0 Å². The van der Waals surface area contributed by atoms with E-state index in [1.54, 1.807) is 19.2 Å². The first kappa shape index (κ1) is 15.8. The number of nitrogens with one attached hydrogen (secondary N) is 2. The van der Waals surface area contributed by atoms with Crippen LogP contribution >= 0.6 is 0 Å². The van der Waals surface area contributed by atoms with Crippen molar-refractivity contribution in [1.82, 2.24) is 10.7 Å². The molecule has 0 bridgehead atoms. The van der Waals surface area contributed by atoms with Crippen LogP contribution in [0.4, 0.5) is 4.39 Å². The largest absolute Gasteiger partial charge is 0.385 e. The van der Waals surface area contributed by atoms with Crippen LogP contribution in [-0.4, -0.2) is 38.3 Å². The second kappa shape index (κ2) is 8.76. The molecule has 0 atom stereocenters.